The fourth-order valence-electron chi connectivity index (χ4n) is 3.63. The number of carbonyl (C=O) groups is 1. The summed E-state index contributed by atoms with van der Waals surface area (Å²) in [6.45, 7) is 2.06. The van der Waals surface area contributed by atoms with Gasteiger partial charge in [0.1, 0.15) is 5.15 Å². The molecule has 1 amide bonds. The van der Waals surface area contributed by atoms with Gasteiger partial charge in [-0.05, 0) is 38.0 Å². The van der Waals surface area contributed by atoms with Gasteiger partial charge in [0.2, 0.25) is 0 Å². The van der Waals surface area contributed by atoms with Crippen molar-refractivity contribution < 1.29 is 4.79 Å². The summed E-state index contributed by atoms with van der Waals surface area (Å²) in [5.41, 5.74) is 2.05. The van der Waals surface area contributed by atoms with Gasteiger partial charge < -0.3 is 5.32 Å². The minimum absolute atomic E-state index is 0.0185. The summed E-state index contributed by atoms with van der Waals surface area (Å²) >= 11 is 7.89. The van der Waals surface area contributed by atoms with Crippen molar-refractivity contribution in [2.24, 2.45) is 0 Å². The molecule has 1 fully saturated rings. The molecule has 1 aliphatic carbocycles. The van der Waals surface area contributed by atoms with E-state index in [9.17, 15) is 4.79 Å². The summed E-state index contributed by atoms with van der Waals surface area (Å²) in [5.74, 6) is 0.0185. The van der Waals surface area contributed by atoms with Gasteiger partial charge in [0, 0.05) is 21.5 Å². The highest BCUT2D eigenvalue weighted by molar-refractivity contribution is 7.21. The van der Waals surface area contributed by atoms with E-state index in [1.165, 1.54) is 42.6 Å². The SMILES string of the molecule is Cc1ccc2nc(Cl)c3cc(C(=O)NC4CCCCCC4)sc3c2c1. The number of nitrogens with one attached hydrogen (secondary N) is 1. The van der Waals surface area contributed by atoms with Crippen molar-refractivity contribution in [1.29, 1.82) is 0 Å². The Morgan fingerprint density at radius 3 is 2.68 bits per heavy atom. The normalized spacial score (nSPS) is 16.2. The Labute approximate surface area is 156 Å². The number of rotatable bonds is 2. The number of fused-ring (bicyclic) bond motifs is 3. The first-order valence-electron chi connectivity index (χ1n) is 8.92. The Balaban J connectivity index is 1.70. The molecule has 3 aromatic rings. The molecule has 1 aromatic carbocycles. The van der Waals surface area contributed by atoms with Gasteiger partial charge in [-0.3, -0.25) is 4.79 Å². The number of hydrogen-bond donors (Lipinski definition) is 1. The summed E-state index contributed by atoms with van der Waals surface area (Å²) in [7, 11) is 0. The molecular weight excluding hydrogens is 352 g/mol. The molecule has 0 saturated heterocycles. The molecule has 2 aromatic heterocycles. The average molecular weight is 373 g/mol. The predicted octanol–water partition coefficient (Wildman–Crippen LogP) is 5.86. The first kappa shape index (κ1) is 16.8. The van der Waals surface area contributed by atoms with Gasteiger partial charge in [0.15, 0.2) is 0 Å². The average Bonchev–Trinajstić information content (AvgIpc) is 2.90. The lowest BCUT2D eigenvalue weighted by Crippen LogP contribution is -2.33. The predicted molar refractivity (Wildman–Crippen MR) is 106 cm³/mol. The van der Waals surface area contributed by atoms with Crippen LogP contribution in [0.3, 0.4) is 0 Å². The lowest BCUT2D eigenvalue weighted by Gasteiger charge is -2.15. The van der Waals surface area contributed by atoms with Crippen LogP contribution in [0, 0.1) is 6.92 Å². The van der Waals surface area contributed by atoms with E-state index in [0.717, 1.165) is 38.7 Å². The van der Waals surface area contributed by atoms with Crippen molar-refractivity contribution in [3.05, 3.63) is 39.9 Å². The maximum atomic E-state index is 12.7. The van der Waals surface area contributed by atoms with E-state index in [1.807, 2.05) is 18.2 Å². The largest absolute Gasteiger partial charge is 0.349 e. The zero-order chi connectivity index (χ0) is 17.4. The second-order valence-electron chi connectivity index (χ2n) is 6.94. The highest BCUT2D eigenvalue weighted by Gasteiger charge is 2.19. The van der Waals surface area contributed by atoms with E-state index in [2.05, 4.69) is 23.3 Å². The van der Waals surface area contributed by atoms with Gasteiger partial charge in [-0.15, -0.1) is 11.3 Å². The van der Waals surface area contributed by atoms with Crippen LogP contribution in [0.15, 0.2) is 24.3 Å². The number of aromatic nitrogens is 1. The molecule has 0 atom stereocenters. The first-order chi connectivity index (χ1) is 12.1. The minimum Gasteiger partial charge on any atom is -0.349 e. The summed E-state index contributed by atoms with van der Waals surface area (Å²) in [6, 6.07) is 8.33. The highest BCUT2D eigenvalue weighted by Crippen LogP contribution is 2.36. The van der Waals surface area contributed by atoms with Crippen LogP contribution in [-0.4, -0.2) is 16.9 Å². The van der Waals surface area contributed by atoms with Gasteiger partial charge >= 0.3 is 0 Å². The number of hydrogen-bond acceptors (Lipinski definition) is 3. The van der Waals surface area contributed by atoms with Crippen molar-refractivity contribution in [2.75, 3.05) is 0 Å². The third-order valence-electron chi connectivity index (χ3n) is 4.98. The number of amides is 1. The van der Waals surface area contributed by atoms with Crippen LogP contribution in [0.1, 0.15) is 53.8 Å². The zero-order valence-corrected chi connectivity index (χ0v) is 15.8. The fourth-order valence-corrected chi connectivity index (χ4v) is 5.02. The highest BCUT2D eigenvalue weighted by atomic mass is 35.5. The van der Waals surface area contributed by atoms with Crippen LogP contribution in [0.5, 0.6) is 0 Å². The van der Waals surface area contributed by atoms with E-state index in [-0.39, 0.29) is 5.91 Å². The van der Waals surface area contributed by atoms with Gasteiger partial charge in [0.25, 0.3) is 5.91 Å². The van der Waals surface area contributed by atoms with Crippen molar-refractivity contribution in [1.82, 2.24) is 10.3 Å². The molecular formula is C20H21ClN2OS. The third kappa shape index (κ3) is 3.38. The van der Waals surface area contributed by atoms with Gasteiger partial charge in [-0.25, -0.2) is 4.98 Å². The second-order valence-corrected chi connectivity index (χ2v) is 8.35. The summed E-state index contributed by atoms with van der Waals surface area (Å²) in [6.07, 6.45) is 7.14. The molecule has 3 nitrogen and oxygen atoms in total. The number of carbonyl (C=O) groups excluding carboxylic acids is 1. The Hall–Kier alpha value is -1.65. The van der Waals surface area contributed by atoms with Crippen molar-refractivity contribution in [3.8, 4) is 0 Å². The molecule has 1 saturated carbocycles. The second kappa shape index (κ2) is 6.93. The van der Waals surface area contributed by atoms with E-state index >= 15 is 0 Å². The van der Waals surface area contributed by atoms with E-state index in [1.54, 1.807) is 0 Å². The molecule has 0 aliphatic heterocycles. The maximum Gasteiger partial charge on any atom is 0.261 e. The summed E-state index contributed by atoms with van der Waals surface area (Å²) in [5, 5.41) is 5.63. The standard InChI is InChI=1S/C20H21ClN2OS/c1-12-8-9-16-14(10-12)18-15(19(21)23-16)11-17(25-18)20(24)22-13-6-4-2-3-5-7-13/h8-11,13H,2-7H2,1H3,(H,22,24). The van der Waals surface area contributed by atoms with Gasteiger partial charge in [-0.1, -0.05) is 48.9 Å². The molecule has 1 aliphatic rings. The lowest BCUT2D eigenvalue weighted by molar-refractivity contribution is 0.0937. The fraction of sp³-hybridized carbons (Fsp3) is 0.400. The van der Waals surface area contributed by atoms with Crippen LogP contribution in [-0.2, 0) is 0 Å². The number of aryl methyl sites for hydroxylation is 1. The van der Waals surface area contributed by atoms with E-state index in [4.69, 9.17) is 11.6 Å². The zero-order valence-electron chi connectivity index (χ0n) is 14.3. The summed E-state index contributed by atoms with van der Waals surface area (Å²) < 4.78 is 1.05. The maximum absolute atomic E-state index is 12.7. The number of pyridine rings is 1. The quantitative estimate of drug-likeness (QED) is 0.452. The van der Waals surface area contributed by atoms with Crippen molar-refractivity contribution >= 4 is 49.8 Å². The van der Waals surface area contributed by atoms with Gasteiger partial charge in [0.05, 0.1) is 10.4 Å². The number of benzene rings is 1. The smallest absolute Gasteiger partial charge is 0.261 e. The van der Waals surface area contributed by atoms with Gasteiger partial charge in [-0.2, -0.15) is 0 Å². The van der Waals surface area contributed by atoms with Crippen LogP contribution < -0.4 is 5.32 Å². The third-order valence-corrected chi connectivity index (χ3v) is 6.44. The molecule has 130 valence electrons. The topological polar surface area (TPSA) is 42.0 Å². The Bertz CT molecular complexity index is 942. The van der Waals surface area contributed by atoms with E-state index < -0.39 is 0 Å². The van der Waals surface area contributed by atoms with Crippen LogP contribution in [0.2, 0.25) is 5.15 Å². The molecule has 1 N–H and O–H groups in total. The molecule has 0 spiro atoms. The van der Waals surface area contributed by atoms with Crippen LogP contribution >= 0.6 is 22.9 Å². The molecule has 0 bridgehead atoms. The minimum atomic E-state index is 0.0185. The monoisotopic (exact) mass is 372 g/mol. The Morgan fingerprint density at radius 1 is 1.16 bits per heavy atom. The van der Waals surface area contributed by atoms with E-state index in [0.29, 0.717) is 11.2 Å². The van der Waals surface area contributed by atoms with Crippen LogP contribution in [0.4, 0.5) is 0 Å². The molecule has 4 rings (SSSR count). The lowest BCUT2D eigenvalue weighted by atomic mass is 10.1. The molecule has 0 radical (unpaired) electrons. The van der Waals surface area contributed by atoms with Crippen molar-refractivity contribution in [2.45, 2.75) is 51.5 Å². The first-order valence-corrected chi connectivity index (χ1v) is 10.1. The number of thiophene rings is 1. The molecule has 5 heteroatoms. The van der Waals surface area contributed by atoms with Crippen LogP contribution in [0.25, 0.3) is 21.0 Å². The number of halogens is 1. The Morgan fingerprint density at radius 2 is 1.92 bits per heavy atom. The Kier molecular flexibility index (Phi) is 4.65. The summed E-state index contributed by atoms with van der Waals surface area (Å²) in [4.78, 5) is 18.0. The molecule has 25 heavy (non-hydrogen) atoms. The van der Waals surface area contributed by atoms with Crippen molar-refractivity contribution in [3.63, 3.8) is 0 Å². The molecule has 0 unspecified atom stereocenters. The molecule has 2 heterocycles. The number of nitrogens with zero attached hydrogens (tertiary/aromatic N) is 1.